The van der Waals surface area contributed by atoms with Crippen molar-refractivity contribution in [1.82, 2.24) is 4.90 Å². The van der Waals surface area contributed by atoms with Crippen molar-refractivity contribution in [3.05, 3.63) is 56.7 Å². The Morgan fingerprint density at radius 2 is 2.00 bits per heavy atom. The molecule has 3 rings (SSSR count). The fourth-order valence-corrected chi connectivity index (χ4v) is 4.45. The SMILES string of the molecule is CC(N)C(c1ccc(Cl)cc1)N1CCc2sccc2C1C. The highest BCUT2D eigenvalue weighted by Gasteiger charge is 2.32. The highest BCUT2D eigenvalue weighted by Crippen LogP contribution is 2.39. The van der Waals surface area contributed by atoms with E-state index in [1.807, 2.05) is 23.5 Å². The van der Waals surface area contributed by atoms with Gasteiger partial charge in [0.1, 0.15) is 0 Å². The molecule has 4 heteroatoms. The lowest BCUT2D eigenvalue weighted by molar-refractivity contribution is 0.119. The molecule has 0 aliphatic carbocycles. The van der Waals surface area contributed by atoms with E-state index in [-0.39, 0.29) is 12.1 Å². The van der Waals surface area contributed by atoms with Crippen LogP contribution in [0.4, 0.5) is 0 Å². The largest absolute Gasteiger partial charge is 0.326 e. The molecule has 1 aromatic carbocycles. The maximum Gasteiger partial charge on any atom is 0.0502 e. The lowest BCUT2D eigenvalue weighted by atomic mass is 9.93. The van der Waals surface area contributed by atoms with Crippen molar-refractivity contribution in [2.24, 2.45) is 5.73 Å². The third kappa shape index (κ3) is 2.88. The van der Waals surface area contributed by atoms with Crippen LogP contribution in [0.1, 0.15) is 41.9 Å². The van der Waals surface area contributed by atoms with E-state index >= 15 is 0 Å². The molecule has 1 aliphatic heterocycles. The van der Waals surface area contributed by atoms with Gasteiger partial charge < -0.3 is 5.73 Å². The summed E-state index contributed by atoms with van der Waals surface area (Å²) in [5, 5.41) is 2.97. The molecular formula is C17H21ClN2S. The zero-order valence-corrected chi connectivity index (χ0v) is 14.0. The Labute approximate surface area is 135 Å². The summed E-state index contributed by atoms with van der Waals surface area (Å²) in [6.07, 6.45) is 1.12. The summed E-state index contributed by atoms with van der Waals surface area (Å²) in [5.74, 6) is 0. The van der Waals surface area contributed by atoms with Gasteiger partial charge in [0.25, 0.3) is 0 Å². The first kappa shape index (κ1) is 15.0. The number of benzene rings is 1. The Kier molecular flexibility index (Phi) is 4.36. The van der Waals surface area contributed by atoms with Crippen LogP contribution in [0.3, 0.4) is 0 Å². The van der Waals surface area contributed by atoms with Gasteiger partial charge in [-0.25, -0.2) is 0 Å². The number of fused-ring (bicyclic) bond motifs is 1. The monoisotopic (exact) mass is 320 g/mol. The first-order valence-electron chi connectivity index (χ1n) is 7.41. The van der Waals surface area contributed by atoms with Gasteiger partial charge in [0, 0.05) is 28.5 Å². The third-order valence-corrected chi connectivity index (χ3v) is 5.64. The van der Waals surface area contributed by atoms with Crippen molar-refractivity contribution in [3.8, 4) is 0 Å². The number of nitrogens with zero attached hydrogens (tertiary/aromatic N) is 1. The van der Waals surface area contributed by atoms with Crippen LogP contribution in [0.15, 0.2) is 35.7 Å². The van der Waals surface area contributed by atoms with Gasteiger partial charge in [-0.15, -0.1) is 11.3 Å². The standard InChI is InChI=1S/C17H21ClN2S/c1-11(19)17(13-3-5-14(18)6-4-13)20-9-7-16-15(12(20)2)8-10-21-16/h3-6,8,10-12,17H,7,9,19H2,1-2H3. The summed E-state index contributed by atoms with van der Waals surface area (Å²) in [7, 11) is 0. The smallest absolute Gasteiger partial charge is 0.0502 e. The van der Waals surface area contributed by atoms with Crippen LogP contribution < -0.4 is 5.73 Å². The molecule has 112 valence electrons. The highest BCUT2D eigenvalue weighted by atomic mass is 35.5. The molecule has 3 atom stereocenters. The lowest BCUT2D eigenvalue weighted by Gasteiger charge is -2.41. The molecule has 0 spiro atoms. The average Bonchev–Trinajstić information content (AvgIpc) is 2.93. The molecule has 0 fully saturated rings. The fourth-order valence-electron chi connectivity index (χ4n) is 3.37. The molecule has 0 amide bonds. The summed E-state index contributed by atoms with van der Waals surface area (Å²) in [5.41, 5.74) is 9.04. The Morgan fingerprint density at radius 1 is 1.29 bits per heavy atom. The minimum Gasteiger partial charge on any atom is -0.326 e. The van der Waals surface area contributed by atoms with E-state index in [0.717, 1.165) is 18.0 Å². The van der Waals surface area contributed by atoms with Gasteiger partial charge in [-0.2, -0.15) is 0 Å². The predicted molar refractivity (Wildman–Crippen MR) is 91.0 cm³/mol. The van der Waals surface area contributed by atoms with Crippen molar-refractivity contribution in [2.45, 2.75) is 38.4 Å². The third-order valence-electron chi connectivity index (χ3n) is 4.39. The van der Waals surface area contributed by atoms with Crippen LogP contribution in [0.2, 0.25) is 5.02 Å². The van der Waals surface area contributed by atoms with Crippen molar-refractivity contribution < 1.29 is 0 Å². The summed E-state index contributed by atoms with van der Waals surface area (Å²) < 4.78 is 0. The zero-order chi connectivity index (χ0) is 15.0. The number of nitrogens with two attached hydrogens (primary N) is 1. The highest BCUT2D eigenvalue weighted by molar-refractivity contribution is 7.10. The van der Waals surface area contributed by atoms with Crippen molar-refractivity contribution >= 4 is 22.9 Å². The van der Waals surface area contributed by atoms with E-state index < -0.39 is 0 Å². The minimum atomic E-state index is 0.0776. The summed E-state index contributed by atoms with van der Waals surface area (Å²) in [4.78, 5) is 4.06. The van der Waals surface area contributed by atoms with Crippen LogP contribution in [0.25, 0.3) is 0 Å². The molecule has 1 aromatic heterocycles. The topological polar surface area (TPSA) is 29.3 Å². The molecule has 2 N–H and O–H groups in total. The summed E-state index contributed by atoms with van der Waals surface area (Å²) >= 11 is 7.89. The van der Waals surface area contributed by atoms with Gasteiger partial charge in [-0.3, -0.25) is 4.90 Å². The van der Waals surface area contributed by atoms with Gasteiger partial charge in [0.15, 0.2) is 0 Å². The van der Waals surface area contributed by atoms with E-state index in [4.69, 9.17) is 17.3 Å². The van der Waals surface area contributed by atoms with Crippen LogP contribution in [-0.4, -0.2) is 17.5 Å². The fraction of sp³-hybridized carbons (Fsp3) is 0.412. The second kappa shape index (κ2) is 6.09. The molecule has 0 saturated heterocycles. The molecule has 0 bridgehead atoms. The number of hydrogen-bond acceptors (Lipinski definition) is 3. The van der Waals surface area contributed by atoms with E-state index in [9.17, 15) is 0 Å². The van der Waals surface area contributed by atoms with Gasteiger partial charge in [-0.1, -0.05) is 23.7 Å². The molecule has 2 heterocycles. The first-order valence-corrected chi connectivity index (χ1v) is 8.66. The van der Waals surface area contributed by atoms with Crippen LogP contribution >= 0.6 is 22.9 Å². The van der Waals surface area contributed by atoms with Gasteiger partial charge >= 0.3 is 0 Å². The molecule has 0 radical (unpaired) electrons. The molecule has 0 saturated carbocycles. The van der Waals surface area contributed by atoms with E-state index in [1.54, 1.807) is 0 Å². The molecule has 2 nitrogen and oxygen atoms in total. The molecule has 1 aliphatic rings. The molecule has 21 heavy (non-hydrogen) atoms. The van der Waals surface area contributed by atoms with Crippen molar-refractivity contribution in [1.29, 1.82) is 0 Å². The van der Waals surface area contributed by atoms with Gasteiger partial charge in [0.2, 0.25) is 0 Å². The predicted octanol–water partition coefficient (Wildman–Crippen LogP) is 4.41. The Bertz CT molecular complexity index is 606. The quantitative estimate of drug-likeness (QED) is 0.907. The van der Waals surface area contributed by atoms with Crippen molar-refractivity contribution in [3.63, 3.8) is 0 Å². The second-order valence-electron chi connectivity index (χ2n) is 5.82. The Balaban J connectivity index is 1.93. The van der Waals surface area contributed by atoms with Crippen LogP contribution in [0.5, 0.6) is 0 Å². The van der Waals surface area contributed by atoms with Crippen LogP contribution in [0, 0.1) is 0 Å². The van der Waals surface area contributed by atoms with Crippen molar-refractivity contribution in [2.75, 3.05) is 6.54 Å². The Hall–Kier alpha value is -0.870. The average molecular weight is 321 g/mol. The van der Waals surface area contributed by atoms with Crippen LogP contribution in [-0.2, 0) is 6.42 Å². The first-order chi connectivity index (χ1) is 10.1. The molecule has 2 aromatic rings. The maximum atomic E-state index is 6.32. The molecular weight excluding hydrogens is 300 g/mol. The number of thiophene rings is 1. The summed E-state index contributed by atoms with van der Waals surface area (Å²) in [6.45, 7) is 5.44. The number of hydrogen-bond donors (Lipinski definition) is 1. The van der Waals surface area contributed by atoms with E-state index in [0.29, 0.717) is 6.04 Å². The van der Waals surface area contributed by atoms with Gasteiger partial charge in [0.05, 0.1) is 6.04 Å². The number of halogens is 1. The second-order valence-corrected chi connectivity index (χ2v) is 7.26. The normalized spacial score (nSPS) is 21.8. The zero-order valence-electron chi connectivity index (χ0n) is 12.4. The Morgan fingerprint density at radius 3 is 2.67 bits per heavy atom. The molecule has 3 unspecified atom stereocenters. The lowest BCUT2D eigenvalue weighted by Crippen LogP contribution is -2.43. The van der Waals surface area contributed by atoms with E-state index in [1.165, 1.54) is 16.0 Å². The maximum absolute atomic E-state index is 6.32. The van der Waals surface area contributed by atoms with E-state index in [2.05, 4.69) is 42.3 Å². The number of rotatable bonds is 3. The van der Waals surface area contributed by atoms with Gasteiger partial charge in [-0.05, 0) is 55.0 Å². The minimum absolute atomic E-state index is 0.0776. The summed E-state index contributed by atoms with van der Waals surface area (Å²) in [6, 6.07) is 11.1.